The van der Waals surface area contributed by atoms with E-state index in [9.17, 15) is 0 Å². The summed E-state index contributed by atoms with van der Waals surface area (Å²) in [4.78, 5) is 8.59. The van der Waals surface area contributed by atoms with E-state index in [0.29, 0.717) is 11.6 Å². The molecule has 6 nitrogen and oxygen atoms in total. The van der Waals surface area contributed by atoms with Crippen molar-refractivity contribution >= 4 is 17.5 Å². The van der Waals surface area contributed by atoms with Crippen LogP contribution < -0.4 is 11.1 Å². The lowest BCUT2D eigenvalue weighted by molar-refractivity contribution is 0.662. The molecule has 0 spiro atoms. The topological polar surface area (TPSA) is 81.6 Å². The number of anilines is 3. The Hall–Kier alpha value is -2.11. The largest absolute Gasteiger partial charge is 0.384 e. The predicted octanol–water partition coefficient (Wildman–Crippen LogP) is 1.97. The average molecular weight is 246 g/mol. The van der Waals surface area contributed by atoms with Gasteiger partial charge in [-0.1, -0.05) is 6.92 Å². The zero-order chi connectivity index (χ0) is 13.0. The van der Waals surface area contributed by atoms with Crippen molar-refractivity contribution in [2.75, 3.05) is 11.1 Å². The minimum atomic E-state index is 0.478. The van der Waals surface area contributed by atoms with Crippen molar-refractivity contribution in [3.05, 3.63) is 24.2 Å². The highest BCUT2D eigenvalue weighted by atomic mass is 15.3. The van der Waals surface area contributed by atoms with Crippen LogP contribution in [0.25, 0.3) is 0 Å². The second-order valence-electron chi connectivity index (χ2n) is 4.03. The number of aryl methyl sites for hydroxylation is 2. The van der Waals surface area contributed by atoms with Crippen molar-refractivity contribution in [1.29, 1.82) is 0 Å². The standard InChI is InChI=1S/C12H18N6/c1-3-5-10-14-9(13)8-12(15-10)16-11-6-7-18(4-2)17-11/h6-8H,3-5H2,1-2H3,(H3,13,14,15,16,17). The number of nitrogen functional groups attached to an aromatic ring is 1. The van der Waals surface area contributed by atoms with Crippen LogP contribution in [0.1, 0.15) is 26.1 Å². The van der Waals surface area contributed by atoms with Crippen molar-refractivity contribution < 1.29 is 0 Å². The fraction of sp³-hybridized carbons (Fsp3) is 0.417. The minimum Gasteiger partial charge on any atom is -0.384 e. The van der Waals surface area contributed by atoms with Crippen LogP contribution in [-0.2, 0) is 13.0 Å². The Kier molecular flexibility index (Phi) is 3.76. The quantitative estimate of drug-likeness (QED) is 0.843. The van der Waals surface area contributed by atoms with Crippen molar-refractivity contribution in [3.63, 3.8) is 0 Å². The Bertz CT molecular complexity index is 519. The monoisotopic (exact) mass is 246 g/mol. The van der Waals surface area contributed by atoms with Crippen LogP contribution in [0.2, 0.25) is 0 Å². The van der Waals surface area contributed by atoms with Gasteiger partial charge in [0.25, 0.3) is 0 Å². The van der Waals surface area contributed by atoms with Gasteiger partial charge in [0.1, 0.15) is 17.5 Å². The Balaban J connectivity index is 2.17. The highest BCUT2D eigenvalue weighted by Gasteiger charge is 2.04. The van der Waals surface area contributed by atoms with Gasteiger partial charge in [0, 0.05) is 31.3 Å². The van der Waals surface area contributed by atoms with E-state index in [2.05, 4.69) is 27.3 Å². The van der Waals surface area contributed by atoms with E-state index < -0.39 is 0 Å². The number of nitrogens with zero attached hydrogens (tertiary/aromatic N) is 4. The van der Waals surface area contributed by atoms with E-state index in [1.54, 1.807) is 6.07 Å². The number of nitrogens with one attached hydrogen (secondary N) is 1. The Morgan fingerprint density at radius 3 is 2.78 bits per heavy atom. The normalized spacial score (nSPS) is 10.6. The van der Waals surface area contributed by atoms with Gasteiger partial charge in [-0.2, -0.15) is 5.10 Å². The zero-order valence-electron chi connectivity index (χ0n) is 10.7. The molecule has 0 aliphatic carbocycles. The van der Waals surface area contributed by atoms with Gasteiger partial charge in [-0.15, -0.1) is 0 Å². The molecule has 0 unspecified atom stereocenters. The van der Waals surface area contributed by atoms with Crippen molar-refractivity contribution in [3.8, 4) is 0 Å². The fourth-order valence-corrected chi connectivity index (χ4v) is 1.65. The van der Waals surface area contributed by atoms with Crippen LogP contribution in [0, 0.1) is 0 Å². The summed E-state index contributed by atoms with van der Waals surface area (Å²) in [5.74, 6) is 2.69. The van der Waals surface area contributed by atoms with Crippen LogP contribution in [-0.4, -0.2) is 19.7 Å². The van der Waals surface area contributed by atoms with E-state index >= 15 is 0 Å². The summed E-state index contributed by atoms with van der Waals surface area (Å²) < 4.78 is 1.85. The lowest BCUT2D eigenvalue weighted by atomic mass is 10.3. The molecule has 2 rings (SSSR count). The van der Waals surface area contributed by atoms with Gasteiger partial charge in [0.05, 0.1) is 0 Å². The third kappa shape index (κ3) is 2.97. The average Bonchev–Trinajstić information content (AvgIpc) is 2.76. The van der Waals surface area contributed by atoms with E-state index in [0.717, 1.165) is 31.0 Å². The summed E-state index contributed by atoms with van der Waals surface area (Å²) in [5.41, 5.74) is 5.76. The van der Waals surface area contributed by atoms with Gasteiger partial charge in [-0.25, -0.2) is 9.97 Å². The molecule has 0 aliphatic heterocycles. The smallest absolute Gasteiger partial charge is 0.153 e. The molecule has 18 heavy (non-hydrogen) atoms. The number of hydrogen-bond acceptors (Lipinski definition) is 5. The molecule has 0 bridgehead atoms. The molecule has 0 radical (unpaired) electrons. The van der Waals surface area contributed by atoms with Gasteiger partial charge in [-0.05, 0) is 13.3 Å². The fourth-order valence-electron chi connectivity index (χ4n) is 1.65. The summed E-state index contributed by atoms with van der Waals surface area (Å²) in [6.07, 6.45) is 3.73. The summed E-state index contributed by atoms with van der Waals surface area (Å²) in [6.45, 7) is 4.97. The molecule has 96 valence electrons. The van der Waals surface area contributed by atoms with Crippen LogP contribution in [0.5, 0.6) is 0 Å². The number of aromatic nitrogens is 4. The first-order chi connectivity index (χ1) is 8.71. The summed E-state index contributed by atoms with van der Waals surface area (Å²) in [6, 6.07) is 3.62. The van der Waals surface area contributed by atoms with Crippen molar-refractivity contribution in [2.45, 2.75) is 33.2 Å². The van der Waals surface area contributed by atoms with Crippen LogP contribution in [0.3, 0.4) is 0 Å². The summed E-state index contributed by atoms with van der Waals surface area (Å²) in [5, 5.41) is 7.47. The van der Waals surface area contributed by atoms with Crippen molar-refractivity contribution in [2.24, 2.45) is 0 Å². The molecule has 2 aromatic heterocycles. The number of rotatable bonds is 5. The SMILES string of the molecule is CCCc1nc(N)cc(Nc2ccn(CC)n2)n1. The molecule has 0 atom stereocenters. The van der Waals surface area contributed by atoms with E-state index in [-0.39, 0.29) is 0 Å². The van der Waals surface area contributed by atoms with Crippen LogP contribution in [0.15, 0.2) is 18.3 Å². The van der Waals surface area contributed by atoms with Gasteiger partial charge in [0.2, 0.25) is 0 Å². The molecule has 2 heterocycles. The highest BCUT2D eigenvalue weighted by Crippen LogP contribution is 2.14. The molecule has 3 N–H and O–H groups in total. The molecule has 0 amide bonds. The molecule has 0 saturated carbocycles. The van der Waals surface area contributed by atoms with Crippen LogP contribution in [0.4, 0.5) is 17.5 Å². The molecule has 2 aromatic rings. The molecule has 0 aliphatic rings. The van der Waals surface area contributed by atoms with E-state index in [1.165, 1.54) is 0 Å². The second-order valence-corrected chi connectivity index (χ2v) is 4.03. The predicted molar refractivity (Wildman–Crippen MR) is 71.6 cm³/mol. The lowest BCUT2D eigenvalue weighted by Crippen LogP contribution is -2.04. The summed E-state index contributed by atoms with van der Waals surface area (Å²) >= 11 is 0. The first-order valence-electron chi connectivity index (χ1n) is 6.15. The van der Waals surface area contributed by atoms with Gasteiger partial charge < -0.3 is 11.1 Å². The Morgan fingerprint density at radius 1 is 1.28 bits per heavy atom. The van der Waals surface area contributed by atoms with E-state index in [4.69, 9.17) is 5.73 Å². The second kappa shape index (κ2) is 5.48. The third-order valence-corrected chi connectivity index (χ3v) is 2.49. The zero-order valence-corrected chi connectivity index (χ0v) is 10.7. The maximum Gasteiger partial charge on any atom is 0.153 e. The van der Waals surface area contributed by atoms with Gasteiger partial charge in [-0.3, -0.25) is 4.68 Å². The summed E-state index contributed by atoms with van der Waals surface area (Å²) in [7, 11) is 0. The number of hydrogen-bond donors (Lipinski definition) is 2. The van der Waals surface area contributed by atoms with Crippen molar-refractivity contribution in [1.82, 2.24) is 19.7 Å². The molecular formula is C12H18N6. The number of nitrogens with two attached hydrogens (primary N) is 1. The molecule has 6 heteroatoms. The molecule has 0 fully saturated rings. The third-order valence-electron chi connectivity index (χ3n) is 2.49. The first-order valence-corrected chi connectivity index (χ1v) is 6.15. The first kappa shape index (κ1) is 12.3. The molecule has 0 saturated heterocycles. The molecular weight excluding hydrogens is 228 g/mol. The lowest BCUT2D eigenvalue weighted by Gasteiger charge is -2.05. The minimum absolute atomic E-state index is 0.478. The molecule has 0 aromatic carbocycles. The maximum atomic E-state index is 5.76. The van der Waals surface area contributed by atoms with Crippen LogP contribution >= 0.6 is 0 Å². The van der Waals surface area contributed by atoms with E-state index in [1.807, 2.05) is 23.9 Å². The van der Waals surface area contributed by atoms with Gasteiger partial charge in [0.15, 0.2) is 5.82 Å². The Labute approximate surface area is 106 Å². The highest BCUT2D eigenvalue weighted by molar-refractivity contribution is 5.54. The maximum absolute atomic E-state index is 5.76. The van der Waals surface area contributed by atoms with Gasteiger partial charge >= 0.3 is 0 Å². The Morgan fingerprint density at radius 2 is 2.11 bits per heavy atom.